The van der Waals surface area contributed by atoms with Gasteiger partial charge in [0.15, 0.2) is 12.2 Å². The first-order chi connectivity index (χ1) is 49.7. The van der Waals surface area contributed by atoms with E-state index in [1.165, 1.54) is 103 Å². The van der Waals surface area contributed by atoms with E-state index in [1.807, 2.05) is 0 Å². The molecule has 0 aliphatic heterocycles. The van der Waals surface area contributed by atoms with Gasteiger partial charge in [-0.2, -0.15) is 0 Å². The van der Waals surface area contributed by atoms with E-state index in [1.54, 1.807) is 0 Å². The zero-order valence-corrected chi connectivity index (χ0v) is 66.3. The molecule has 590 valence electrons. The van der Waals surface area contributed by atoms with Crippen LogP contribution in [-0.2, 0) is 65.4 Å². The van der Waals surface area contributed by atoms with Crippen LogP contribution in [0.3, 0.4) is 0 Å². The number of carbonyl (C=O) groups is 4. The highest BCUT2D eigenvalue weighted by Gasteiger charge is 2.30. The first kappa shape index (κ1) is 98.0. The highest BCUT2D eigenvalue weighted by Crippen LogP contribution is 2.45. The van der Waals surface area contributed by atoms with Gasteiger partial charge in [0.25, 0.3) is 0 Å². The normalized spacial score (nSPS) is 14.4. The number of allylic oxidation sites excluding steroid dienone is 16. The summed E-state index contributed by atoms with van der Waals surface area (Å²) in [7, 11) is -9.97. The van der Waals surface area contributed by atoms with E-state index in [0.29, 0.717) is 25.7 Å². The van der Waals surface area contributed by atoms with Crippen LogP contribution in [0.5, 0.6) is 0 Å². The van der Waals surface area contributed by atoms with Crippen LogP contribution in [0, 0.1) is 0 Å². The van der Waals surface area contributed by atoms with Gasteiger partial charge in [0.1, 0.15) is 19.3 Å². The largest absolute Gasteiger partial charge is 0.472 e. The Bertz CT molecular complexity index is 2310. The fourth-order valence-electron chi connectivity index (χ4n) is 10.8. The molecule has 17 nitrogen and oxygen atoms in total. The van der Waals surface area contributed by atoms with Crippen molar-refractivity contribution < 1.29 is 80.2 Å². The fraction of sp³-hybridized carbons (Fsp3) is 0.759. The Morgan fingerprint density at radius 1 is 0.284 bits per heavy atom. The van der Waals surface area contributed by atoms with E-state index in [2.05, 4.69) is 125 Å². The molecule has 2 unspecified atom stereocenters. The predicted molar refractivity (Wildman–Crippen MR) is 418 cm³/mol. The third-order valence-electron chi connectivity index (χ3n) is 17.0. The Balaban J connectivity index is 5.38. The molecule has 102 heavy (non-hydrogen) atoms. The Kier molecular flexibility index (Phi) is 72.3. The third kappa shape index (κ3) is 74.3. The highest BCUT2D eigenvalue weighted by molar-refractivity contribution is 7.47. The first-order valence-corrected chi connectivity index (χ1v) is 43.5. The minimum absolute atomic E-state index is 0.0774. The Hall–Kier alpha value is -4.02. The van der Waals surface area contributed by atoms with Gasteiger partial charge in [0.05, 0.1) is 26.4 Å². The van der Waals surface area contributed by atoms with Crippen LogP contribution in [-0.4, -0.2) is 96.7 Å². The highest BCUT2D eigenvalue weighted by atomic mass is 31.2. The lowest BCUT2D eigenvalue weighted by atomic mass is 10.1. The van der Waals surface area contributed by atoms with Gasteiger partial charge >= 0.3 is 39.5 Å². The van der Waals surface area contributed by atoms with Crippen molar-refractivity contribution in [2.24, 2.45) is 0 Å². The van der Waals surface area contributed by atoms with Crippen molar-refractivity contribution in [1.29, 1.82) is 0 Å². The smallest absolute Gasteiger partial charge is 0.462 e. The minimum atomic E-state index is -4.99. The standard InChI is InChI=1S/C83H146O17P2/c1-5-9-13-17-21-25-29-33-36-37-38-39-42-45-48-52-56-60-64-68-81(86)94-74-79(100-83(88)70-66-62-58-54-50-46-41-35-31-27-23-19-15-11-7-3)76-98-102(91,92)96-72-77(84)71-95-101(89,90)97-75-78(99-82(87)69-65-61-57-53-49-43-32-28-24-20-16-12-8-4)73-93-80(85)67-63-59-55-51-47-44-40-34-30-26-22-18-14-10-6-2/h9,13,21,25,28,32-36,38-41,45,48,77-79,84H,5-8,10-12,14-20,22-24,26-27,29-31,37,42-44,46-47,49-76H2,1-4H3,(H,89,90)(H,91,92)/b13-9-,25-21-,32-28-,36-33-,39-38-,40-34-,41-35-,48-45-/t77-,78+,79+/m0/s1. The SMILES string of the molecule is CC/C=C\C/C=C\C/C=C\C/C=C\C/C=C\CCCCCC(=O)OC[C@H](COP(=O)(O)OC[C@@H](O)COP(=O)(O)OC[C@@H](COC(=O)CCCCCCC/C=C\CCCCCCCC)OC(=O)CCCCCCC/C=C\CCCCCC)OC(=O)CCCCCCC/C=C\CCCCCCCC. The molecule has 3 N–H and O–H groups in total. The van der Waals surface area contributed by atoms with E-state index in [4.69, 9.17) is 37.0 Å². The average molecular weight is 1480 g/mol. The number of aliphatic hydroxyl groups is 1. The Morgan fingerprint density at radius 3 is 0.814 bits per heavy atom. The van der Waals surface area contributed by atoms with Gasteiger partial charge in [-0.15, -0.1) is 0 Å². The number of carbonyl (C=O) groups excluding carboxylic acids is 4. The van der Waals surface area contributed by atoms with Crippen molar-refractivity contribution in [2.45, 2.75) is 367 Å². The lowest BCUT2D eigenvalue weighted by Gasteiger charge is -2.21. The molecule has 0 saturated carbocycles. The monoisotopic (exact) mass is 1480 g/mol. The molecule has 0 bridgehead atoms. The average Bonchev–Trinajstić information content (AvgIpc) is 0.924. The summed E-state index contributed by atoms with van der Waals surface area (Å²) in [5.41, 5.74) is 0. The summed E-state index contributed by atoms with van der Waals surface area (Å²) in [6.07, 6.45) is 79.5. The molecule has 0 aliphatic carbocycles. The van der Waals surface area contributed by atoms with E-state index in [9.17, 15) is 43.2 Å². The van der Waals surface area contributed by atoms with Crippen LogP contribution in [0.4, 0.5) is 0 Å². The quantitative estimate of drug-likeness (QED) is 0.0169. The number of hydrogen-bond donors (Lipinski definition) is 3. The molecule has 0 aromatic carbocycles. The van der Waals surface area contributed by atoms with Crippen molar-refractivity contribution in [3.05, 3.63) is 97.2 Å². The van der Waals surface area contributed by atoms with Gasteiger partial charge in [-0.3, -0.25) is 37.3 Å². The lowest BCUT2D eigenvalue weighted by Crippen LogP contribution is -2.30. The molecule has 0 aromatic heterocycles. The molecule has 0 aromatic rings. The van der Waals surface area contributed by atoms with Crippen molar-refractivity contribution >= 4 is 39.5 Å². The molecular weight excluding hydrogens is 1330 g/mol. The molecule has 19 heteroatoms. The first-order valence-electron chi connectivity index (χ1n) is 40.5. The van der Waals surface area contributed by atoms with Gasteiger partial charge in [-0.05, 0) is 148 Å². The number of esters is 4. The van der Waals surface area contributed by atoms with E-state index >= 15 is 0 Å². The molecule has 0 amide bonds. The Labute approximate surface area is 620 Å². The molecule has 0 saturated heterocycles. The second kappa shape index (κ2) is 75.2. The van der Waals surface area contributed by atoms with Gasteiger partial charge in [0, 0.05) is 25.7 Å². The van der Waals surface area contributed by atoms with E-state index < -0.39 is 97.5 Å². The number of aliphatic hydroxyl groups excluding tert-OH is 1. The summed E-state index contributed by atoms with van der Waals surface area (Å²) in [5, 5.41) is 10.6. The van der Waals surface area contributed by atoms with Crippen LogP contribution in [0.15, 0.2) is 97.2 Å². The summed E-state index contributed by atoms with van der Waals surface area (Å²) in [5.74, 6) is -2.22. The number of phosphoric ester groups is 2. The number of ether oxygens (including phenoxy) is 4. The predicted octanol–water partition coefficient (Wildman–Crippen LogP) is 23.6. The summed E-state index contributed by atoms with van der Waals surface area (Å²) in [6.45, 7) is 4.71. The maximum absolute atomic E-state index is 13.1. The van der Waals surface area contributed by atoms with Gasteiger partial charge < -0.3 is 33.8 Å². The molecule has 0 heterocycles. The third-order valence-corrected chi connectivity index (χ3v) is 18.9. The zero-order valence-electron chi connectivity index (χ0n) is 64.5. The van der Waals surface area contributed by atoms with Gasteiger partial charge in [0.2, 0.25) is 0 Å². The lowest BCUT2D eigenvalue weighted by molar-refractivity contribution is -0.161. The van der Waals surface area contributed by atoms with Gasteiger partial charge in [-0.1, -0.05) is 273 Å². The van der Waals surface area contributed by atoms with Crippen LogP contribution in [0.1, 0.15) is 349 Å². The van der Waals surface area contributed by atoms with Crippen LogP contribution in [0.25, 0.3) is 0 Å². The van der Waals surface area contributed by atoms with Gasteiger partial charge in [-0.25, -0.2) is 9.13 Å². The second-order valence-corrected chi connectivity index (χ2v) is 29.9. The minimum Gasteiger partial charge on any atom is -0.462 e. The number of rotatable bonds is 76. The second-order valence-electron chi connectivity index (χ2n) is 27.0. The maximum Gasteiger partial charge on any atom is 0.472 e. The molecule has 0 aliphatic rings. The molecule has 0 spiro atoms. The summed E-state index contributed by atoms with van der Waals surface area (Å²) in [4.78, 5) is 73.0. The zero-order chi connectivity index (χ0) is 74.6. The van der Waals surface area contributed by atoms with Crippen LogP contribution in [0.2, 0.25) is 0 Å². The van der Waals surface area contributed by atoms with Crippen molar-refractivity contribution in [1.82, 2.24) is 0 Å². The van der Waals surface area contributed by atoms with E-state index in [-0.39, 0.29) is 25.7 Å². The van der Waals surface area contributed by atoms with Crippen molar-refractivity contribution in [3.8, 4) is 0 Å². The Morgan fingerprint density at radius 2 is 0.510 bits per heavy atom. The number of phosphoric acid groups is 2. The summed E-state index contributed by atoms with van der Waals surface area (Å²) < 4.78 is 68.6. The maximum atomic E-state index is 13.1. The fourth-order valence-corrected chi connectivity index (χ4v) is 12.4. The van der Waals surface area contributed by atoms with Crippen molar-refractivity contribution in [2.75, 3.05) is 39.6 Å². The van der Waals surface area contributed by atoms with Crippen LogP contribution < -0.4 is 0 Å². The summed E-state index contributed by atoms with van der Waals surface area (Å²) in [6, 6.07) is 0. The topological polar surface area (TPSA) is 237 Å². The number of unbranched alkanes of at least 4 members (excludes halogenated alkanes) is 34. The molecule has 5 atom stereocenters. The van der Waals surface area contributed by atoms with Crippen LogP contribution >= 0.6 is 15.6 Å². The molecule has 0 rings (SSSR count). The van der Waals surface area contributed by atoms with Crippen molar-refractivity contribution in [3.63, 3.8) is 0 Å². The number of hydrogen-bond acceptors (Lipinski definition) is 15. The van der Waals surface area contributed by atoms with E-state index in [0.717, 1.165) is 167 Å². The molecule has 0 radical (unpaired) electrons. The molecular formula is C83H146O17P2. The molecule has 0 fully saturated rings. The summed E-state index contributed by atoms with van der Waals surface area (Å²) >= 11 is 0.